The maximum atomic E-state index is 12.6. The Bertz CT molecular complexity index is 914. The number of amides is 3. The van der Waals surface area contributed by atoms with Crippen molar-refractivity contribution in [2.24, 2.45) is 4.99 Å². The Kier molecular flexibility index (Phi) is 5.09. The molecule has 0 aliphatic carbocycles. The van der Waals surface area contributed by atoms with Gasteiger partial charge < -0.3 is 9.80 Å². The second-order valence-electron chi connectivity index (χ2n) is 7.06. The first-order chi connectivity index (χ1) is 13.5. The number of aryl methyl sites for hydroxylation is 1. The molecule has 28 heavy (non-hydrogen) atoms. The van der Waals surface area contributed by atoms with E-state index in [2.05, 4.69) is 41.7 Å². The Morgan fingerprint density at radius 1 is 1.04 bits per heavy atom. The number of imide groups is 1. The van der Waals surface area contributed by atoms with Gasteiger partial charge in [-0.3, -0.25) is 10.1 Å². The van der Waals surface area contributed by atoms with Gasteiger partial charge in [-0.2, -0.15) is 0 Å². The minimum atomic E-state index is -0.512. The number of aliphatic imine (C=N–C) groups is 1. The fourth-order valence-electron chi connectivity index (χ4n) is 3.40. The second-order valence-corrected chi connectivity index (χ2v) is 8.01. The summed E-state index contributed by atoms with van der Waals surface area (Å²) in [4.78, 5) is 32.9. The third kappa shape index (κ3) is 3.62. The van der Waals surface area contributed by atoms with Gasteiger partial charge in [-0.15, -0.1) is 0 Å². The van der Waals surface area contributed by atoms with Crippen molar-refractivity contribution in [2.45, 2.75) is 31.4 Å². The summed E-state index contributed by atoms with van der Waals surface area (Å²) in [6.07, 6.45) is -0.495. The summed E-state index contributed by atoms with van der Waals surface area (Å²) in [6.45, 7) is 2.62. The van der Waals surface area contributed by atoms with Gasteiger partial charge in [0.25, 0.3) is 5.91 Å². The zero-order valence-electron chi connectivity index (χ0n) is 15.8. The van der Waals surface area contributed by atoms with Gasteiger partial charge in [-0.25, -0.2) is 9.79 Å². The van der Waals surface area contributed by atoms with Crippen LogP contribution in [0, 0.1) is 6.92 Å². The van der Waals surface area contributed by atoms with E-state index >= 15 is 0 Å². The number of benzene rings is 2. The van der Waals surface area contributed by atoms with E-state index in [4.69, 9.17) is 4.99 Å². The van der Waals surface area contributed by atoms with Crippen LogP contribution in [0.4, 0.5) is 4.79 Å². The van der Waals surface area contributed by atoms with Crippen LogP contribution >= 0.6 is 11.8 Å². The van der Waals surface area contributed by atoms with E-state index in [0.29, 0.717) is 6.54 Å². The molecule has 2 aliphatic rings. The highest BCUT2D eigenvalue weighted by atomic mass is 32.2. The largest absolute Gasteiger partial charge is 0.331 e. The fourth-order valence-corrected chi connectivity index (χ4v) is 4.41. The lowest BCUT2D eigenvalue weighted by Crippen LogP contribution is -2.63. The predicted octanol–water partition coefficient (Wildman–Crippen LogP) is 2.98. The number of hydrogen-bond acceptors (Lipinski definition) is 5. The summed E-state index contributed by atoms with van der Waals surface area (Å²) in [7, 11) is 1.68. The highest BCUT2D eigenvalue weighted by Gasteiger charge is 2.48. The van der Waals surface area contributed by atoms with E-state index in [0.717, 1.165) is 16.5 Å². The van der Waals surface area contributed by atoms with Crippen LogP contribution in [0.25, 0.3) is 0 Å². The molecule has 0 saturated carbocycles. The minimum Gasteiger partial charge on any atom is -0.331 e. The average molecular weight is 395 g/mol. The maximum absolute atomic E-state index is 12.6. The van der Waals surface area contributed by atoms with Crippen molar-refractivity contribution in [3.8, 4) is 0 Å². The Morgan fingerprint density at radius 3 is 2.46 bits per heavy atom. The molecule has 6 nitrogen and oxygen atoms in total. The molecule has 144 valence electrons. The number of rotatable bonds is 4. The Balaban J connectivity index is 1.60. The van der Waals surface area contributed by atoms with Gasteiger partial charge in [-0.1, -0.05) is 71.9 Å². The van der Waals surface area contributed by atoms with Gasteiger partial charge in [0.2, 0.25) is 0 Å². The topological polar surface area (TPSA) is 65.0 Å². The minimum absolute atomic E-state index is 0.292. The van der Waals surface area contributed by atoms with Gasteiger partial charge in [0, 0.05) is 19.3 Å². The summed E-state index contributed by atoms with van der Waals surface area (Å²) >= 11 is 1.60. The number of amidine groups is 1. The van der Waals surface area contributed by atoms with Gasteiger partial charge in [0.05, 0.1) is 0 Å². The van der Waals surface area contributed by atoms with E-state index in [1.165, 1.54) is 16.0 Å². The number of hydrogen-bond donors (Lipinski definition) is 1. The van der Waals surface area contributed by atoms with Crippen LogP contribution in [0.1, 0.15) is 16.7 Å². The van der Waals surface area contributed by atoms with Gasteiger partial charge >= 0.3 is 6.03 Å². The molecule has 2 aromatic rings. The lowest BCUT2D eigenvalue weighted by Gasteiger charge is -2.36. The van der Waals surface area contributed by atoms with E-state index in [1.807, 2.05) is 30.0 Å². The third-order valence-electron chi connectivity index (χ3n) is 5.01. The molecule has 2 aromatic carbocycles. The van der Waals surface area contributed by atoms with Crippen LogP contribution in [-0.4, -0.2) is 46.2 Å². The number of thioether (sulfide) groups is 1. The van der Waals surface area contributed by atoms with Gasteiger partial charge in [0.1, 0.15) is 0 Å². The van der Waals surface area contributed by atoms with Crippen LogP contribution < -0.4 is 5.32 Å². The summed E-state index contributed by atoms with van der Waals surface area (Å²) in [6, 6.07) is 17.5. The van der Waals surface area contributed by atoms with Crippen LogP contribution in [0.2, 0.25) is 0 Å². The Hall–Kier alpha value is -2.80. The number of carbonyl (C=O) groups is 2. The summed E-state index contributed by atoms with van der Waals surface area (Å²) in [5.41, 5.74) is 3.48. The highest BCUT2D eigenvalue weighted by Crippen LogP contribution is 2.31. The molecule has 2 heterocycles. The molecule has 0 radical (unpaired) electrons. The molecular formula is C21H22N4O2S. The molecule has 7 heteroatoms. The van der Waals surface area contributed by atoms with Crippen molar-refractivity contribution in [1.82, 2.24) is 15.1 Å². The van der Waals surface area contributed by atoms with Crippen LogP contribution in [0.3, 0.4) is 0 Å². The van der Waals surface area contributed by atoms with E-state index < -0.39 is 18.2 Å². The molecule has 2 atom stereocenters. The first kappa shape index (κ1) is 18.6. The highest BCUT2D eigenvalue weighted by molar-refractivity contribution is 8.13. The van der Waals surface area contributed by atoms with Crippen LogP contribution in [0.5, 0.6) is 0 Å². The van der Waals surface area contributed by atoms with Crippen molar-refractivity contribution >= 4 is 28.9 Å². The Labute approximate surface area is 168 Å². The van der Waals surface area contributed by atoms with Crippen molar-refractivity contribution < 1.29 is 9.59 Å². The van der Waals surface area contributed by atoms with Crippen molar-refractivity contribution in [1.29, 1.82) is 0 Å². The first-order valence-corrected chi connectivity index (χ1v) is 10.2. The van der Waals surface area contributed by atoms with Gasteiger partial charge in [-0.05, 0) is 18.1 Å². The molecule has 2 unspecified atom stereocenters. The van der Waals surface area contributed by atoms with Crippen molar-refractivity contribution in [3.63, 3.8) is 0 Å². The number of nitrogens with zero attached hydrogens (tertiary/aromatic N) is 3. The molecule has 0 aromatic heterocycles. The third-order valence-corrected chi connectivity index (χ3v) is 6.08. The standard InChI is InChI=1S/C21H22N4O2S/c1-14-8-10-15(11-9-14)12-25-17-18(24(2)20(27)23-19(17)26)22-21(25)28-13-16-6-4-3-5-7-16/h3-11,17-18H,12-13H2,1-2H3,(H,23,26,27). The SMILES string of the molecule is Cc1ccc(CN2C(SCc3ccccc3)=NC3C2C(=O)NC(=O)N3C)cc1. The molecule has 1 saturated heterocycles. The predicted molar refractivity (Wildman–Crippen MR) is 111 cm³/mol. The zero-order chi connectivity index (χ0) is 19.7. The molecule has 4 rings (SSSR count). The first-order valence-electron chi connectivity index (χ1n) is 9.17. The molecule has 1 fully saturated rings. The molecular weight excluding hydrogens is 372 g/mol. The maximum Gasteiger partial charge on any atom is 0.325 e. The Morgan fingerprint density at radius 2 is 1.75 bits per heavy atom. The molecule has 0 spiro atoms. The quantitative estimate of drug-likeness (QED) is 0.866. The molecule has 0 bridgehead atoms. The lowest BCUT2D eigenvalue weighted by molar-refractivity contribution is -0.127. The monoisotopic (exact) mass is 394 g/mol. The van der Waals surface area contributed by atoms with Crippen LogP contribution in [-0.2, 0) is 17.1 Å². The van der Waals surface area contributed by atoms with E-state index in [9.17, 15) is 9.59 Å². The smallest absolute Gasteiger partial charge is 0.325 e. The second kappa shape index (κ2) is 7.67. The van der Waals surface area contributed by atoms with E-state index in [1.54, 1.807) is 18.8 Å². The summed E-state index contributed by atoms with van der Waals surface area (Å²) in [5.74, 6) is 0.460. The normalized spacial score (nSPS) is 21.4. The number of likely N-dealkylation sites (N-methyl/N-ethyl adjacent to an activating group) is 1. The van der Waals surface area contributed by atoms with Crippen molar-refractivity contribution in [3.05, 3.63) is 71.3 Å². The number of urea groups is 1. The van der Waals surface area contributed by atoms with Crippen LogP contribution in [0.15, 0.2) is 59.6 Å². The van der Waals surface area contributed by atoms with Gasteiger partial charge in [0.15, 0.2) is 17.4 Å². The van der Waals surface area contributed by atoms with Crippen molar-refractivity contribution in [2.75, 3.05) is 7.05 Å². The number of nitrogens with one attached hydrogen (secondary N) is 1. The fraction of sp³-hybridized carbons (Fsp3) is 0.286. The zero-order valence-corrected chi connectivity index (χ0v) is 16.6. The average Bonchev–Trinajstić information content (AvgIpc) is 3.06. The molecule has 2 aliphatic heterocycles. The van der Waals surface area contributed by atoms with E-state index in [-0.39, 0.29) is 5.91 Å². The molecule has 3 amide bonds. The summed E-state index contributed by atoms with van der Waals surface area (Å²) < 4.78 is 0. The lowest BCUT2D eigenvalue weighted by atomic mass is 10.1. The summed E-state index contributed by atoms with van der Waals surface area (Å²) in [5, 5.41) is 3.23. The molecule has 1 N–H and O–H groups in total. The number of fused-ring (bicyclic) bond motifs is 1. The number of carbonyl (C=O) groups excluding carboxylic acids is 2.